The highest BCUT2D eigenvalue weighted by Crippen LogP contribution is 2.20. The first-order chi connectivity index (χ1) is 7.93. The average Bonchev–Trinajstić information content (AvgIpc) is 2.27. The molecule has 3 nitrogen and oxygen atoms in total. The summed E-state index contributed by atoms with van der Waals surface area (Å²) in [5, 5.41) is 0. The maximum Gasteiger partial charge on any atom is 0.190 e. The van der Waals surface area contributed by atoms with Gasteiger partial charge in [0.1, 0.15) is 18.7 Å². The van der Waals surface area contributed by atoms with Crippen LogP contribution in [-0.2, 0) is 9.53 Å². The van der Waals surface area contributed by atoms with Crippen LogP contribution in [0.1, 0.15) is 27.7 Å². The summed E-state index contributed by atoms with van der Waals surface area (Å²) >= 11 is 0. The third-order valence-electron chi connectivity index (χ3n) is 2.96. The standard InChI is InChI=1S/C14H21NO2/c1-12(14(2,3)4)17-11-15-8-5-13(6-9-15)7-10-16/h5-10,12H,11H2,1-4H3/p+1. The van der Waals surface area contributed by atoms with Crippen molar-refractivity contribution in [3.05, 3.63) is 36.2 Å². The van der Waals surface area contributed by atoms with Gasteiger partial charge in [0.2, 0.25) is 0 Å². The Bertz CT molecular complexity index is 332. The highest BCUT2D eigenvalue weighted by molar-refractivity contribution is 5.68. The molecular weight excluding hydrogens is 214 g/mol. The van der Waals surface area contributed by atoms with Crippen LogP contribution in [0.15, 0.2) is 36.2 Å². The lowest BCUT2D eigenvalue weighted by Crippen LogP contribution is -3.03. The minimum atomic E-state index is 0.158. The topological polar surface area (TPSA) is 30.7 Å². The van der Waals surface area contributed by atoms with Crippen molar-refractivity contribution >= 4 is 6.29 Å². The van der Waals surface area contributed by atoms with Crippen LogP contribution in [-0.4, -0.2) is 19.1 Å². The Hall–Kier alpha value is -1.19. The Morgan fingerprint density at radius 1 is 1.35 bits per heavy atom. The third-order valence-corrected chi connectivity index (χ3v) is 2.96. The SMILES string of the molecule is CC(OC[NH+]1C=CC(=CC=O)C=C1)C(C)(C)C. The van der Waals surface area contributed by atoms with E-state index in [0.717, 1.165) is 16.8 Å². The molecule has 0 fully saturated rings. The predicted octanol–water partition coefficient (Wildman–Crippen LogP) is 1.45. The largest absolute Gasteiger partial charge is 0.328 e. The number of rotatable bonds is 4. The van der Waals surface area contributed by atoms with Gasteiger partial charge in [-0.1, -0.05) is 20.8 Å². The fourth-order valence-electron chi connectivity index (χ4n) is 1.27. The van der Waals surface area contributed by atoms with Crippen molar-refractivity contribution < 1.29 is 14.4 Å². The van der Waals surface area contributed by atoms with Crippen LogP contribution >= 0.6 is 0 Å². The third kappa shape index (κ3) is 4.67. The van der Waals surface area contributed by atoms with E-state index in [4.69, 9.17) is 4.74 Å². The first-order valence-electron chi connectivity index (χ1n) is 5.92. The van der Waals surface area contributed by atoms with Crippen molar-refractivity contribution in [2.24, 2.45) is 5.41 Å². The Balaban J connectivity index is 2.42. The number of carbonyl (C=O) groups excluding carboxylic acids is 1. The zero-order valence-corrected chi connectivity index (χ0v) is 11.1. The Kier molecular flexibility index (Phi) is 4.85. The van der Waals surface area contributed by atoms with Crippen molar-refractivity contribution in [3.8, 4) is 0 Å². The average molecular weight is 236 g/mol. The summed E-state index contributed by atoms with van der Waals surface area (Å²) < 4.78 is 5.81. The minimum absolute atomic E-state index is 0.158. The van der Waals surface area contributed by atoms with Crippen LogP contribution in [0.3, 0.4) is 0 Å². The molecule has 0 spiro atoms. The second kappa shape index (κ2) is 5.94. The quantitative estimate of drug-likeness (QED) is 0.591. The highest BCUT2D eigenvalue weighted by atomic mass is 16.5. The van der Waals surface area contributed by atoms with Gasteiger partial charge in [0.05, 0.1) is 6.10 Å². The van der Waals surface area contributed by atoms with Gasteiger partial charge >= 0.3 is 0 Å². The van der Waals surface area contributed by atoms with Gasteiger partial charge in [0.15, 0.2) is 6.73 Å². The van der Waals surface area contributed by atoms with E-state index in [1.54, 1.807) is 6.08 Å². The van der Waals surface area contributed by atoms with Crippen molar-refractivity contribution in [1.29, 1.82) is 0 Å². The normalized spacial score (nSPS) is 21.4. The molecule has 0 aromatic rings. The van der Waals surface area contributed by atoms with E-state index in [1.807, 2.05) is 24.6 Å². The molecule has 17 heavy (non-hydrogen) atoms. The molecule has 0 radical (unpaired) electrons. The van der Waals surface area contributed by atoms with Crippen LogP contribution in [0, 0.1) is 5.41 Å². The fourth-order valence-corrected chi connectivity index (χ4v) is 1.27. The van der Waals surface area contributed by atoms with Crippen molar-refractivity contribution in [2.45, 2.75) is 33.8 Å². The molecule has 1 aliphatic rings. The van der Waals surface area contributed by atoms with E-state index in [2.05, 4.69) is 27.7 Å². The first-order valence-corrected chi connectivity index (χ1v) is 5.92. The molecule has 0 saturated carbocycles. The van der Waals surface area contributed by atoms with E-state index in [-0.39, 0.29) is 11.5 Å². The number of aldehydes is 1. The molecular formula is C14H22NO2+. The van der Waals surface area contributed by atoms with Crippen molar-refractivity contribution in [3.63, 3.8) is 0 Å². The molecule has 1 rings (SSSR count). The summed E-state index contributed by atoms with van der Waals surface area (Å²) in [5.41, 5.74) is 1.08. The molecule has 1 N–H and O–H groups in total. The molecule has 1 unspecified atom stereocenters. The molecule has 94 valence electrons. The maximum absolute atomic E-state index is 10.3. The molecule has 1 aliphatic heterocycles. The molecule has 0 saturated heterocycles. The highest BCUT2D eigenvalue weighted by Gasteiger charge is 2.21. The second-order valence-electron chi connectivity index (χ2n) is 5.36. The van der Waals surface area contributed by atoms with Gasteiger partial charge in [0, 0.05) is 0 Å². The maximum atomic E-state index is 10.3. The summed E-state index contributed by atoms with van der Waals surface area (Å²) in [7, 11) is 0. The van der Waals surface area contributed by atoms with Crippen molar-refractivity contribution in [1.82, 2.24) is 0 Å². The molecule has 1 heterocycles. The summed E-state index contributed by atoms with van der Waals surface area (Å²) in [6.07, 6.45) is 10.4. The van der Waals surface area contributed by atoms with Crippen LogP contribution in [0.5, 0.6) is 0 Å². The number of quaternary nitrogens is 1. The van der Waals surface area contributed by atoms with E-state index in [0.29, 0.717) is 6.73 Å². The first kappa shape index (κ1) is 13.9. The predicted molar refractivity (Wildman–Crippen MR) is 68.3 cm³/mol. The van der Waals surface area contributed by atoms with E-state index < -0.39 is 0 Å². The van der Waals surface area contributed by atoms with Crippen LogP contribution in [0.4, 0.5) is 0 Å². The number of carbonyl (C=O) groups is 1. The molecule has 3 heteroatoms. The number of hydrogen-bond acceptors (Lipinski definition) is 2. The molecule has 0 aromatic heterocycles. The van der Waals surface area contributed by atoms with Crippen LogP contribution < -0.4 is 4.90 Å². The summed E-state index contributed by atoms with van der Waals surface area (Å²) in [5.74, 6) is 0. The second-order valence-corrected chi connectivity index (χ2v) is 5.36. The number of ether oxygens (including phenoxy) is 1. The monoisotopic (exact) mass is 236 g/mol. The lowest BCUT2D eigenvalue weighted by Gasteiger charge is -2.27. The van der Waals surface area contributed by atoms with Crippen LogP contribution in [0.2, 0.25) is 0 Å². The van der Waals surface area contributed by atoms with Gasteiger partial charge in [-0.2, -0.15) is 0 Å². The number of hydrogen-bond donors (Lipinski definition) is 1. The molecule has 0 aromatic carbocycles. The van der Waals surface area contributed by atoms with Gasteiger partial charge in [-0.25, -0.2) is 0 Å². The van der Waals surface area contributed by atoms with Gasteiger partial charge in [-0.15, -0.1) is 0 Å². The van der Waals surface area contributed by atoms with Gasteiger partial charge < -0.3 is 4.74 Å². The van der Waals surface area contributed by atoms with E-state index in [1.165, 1.54) is 0 Å². The van der Waals surface area contributed by atoms with Gasteiger partial charge in [0.25, 0.3) is 0 Å². The lowest BCUT2D eigenvalue weighted by atomic mass is 9.90. The zero-order valence-electron chi connectivity index (χ0n) is 11.1. The minimum Gasteiger partial charge on any atom is -0.328 e. The molecule has 1 atom stereocenters. The van der Waals surface area contributed by atoms with E-state index in [9.17, 15) is 4.79 Å². The fraction of sp³-hybridized carbons (Fsp3) is 0.500. The van der Waals surface area contributed by atoms with Gasteiger partial charge in [-0.3, -0.25) is 9.69 Å². The number of allylic oxidation sites excluding steroid dienone is 4. The summed E-state index contributed by atoms with van der Waals surface area (Å²) in [4.78, 5) is 11.4. The Morgan fingerprint density at radius 2 is 1.94 bits per heavy atom. The Morgan fingerprint density at radius 3 is 2.41 bits per heavy atom. The Labute approximate surface area is 103 Å². The molecule has 0 bridgehead atoms. The smallest absolute Gasteiger partial charge is 0.190 e. The van der Waals surface area contributed by atoms with Gasteiger partial charge in [-0.05, 0) is 36.1 Å². The zero-order chi connectivity index (χ0) is 12.9. The van der Waals surface area contributed by atoms with E-state index >= 15 is 0 Å². The summed E-state index contributed by atoms with van der Waals surface area (Å²) in [6, 6.07) is 0. The lowest BCUT2D eigenvalue weighted by molar-refractivity contribution is -0.817. The van der Waals surface area contributed by atoms with Crippen molar-refractivity contribution in [2.75, 3.05) is 6.73 Å². The summed E-state index contributed by atoms with van der Waals surface area (Å²) in [6.45, 7) is 9.20. The van der Waals surface area contributed by atoms with Crippen LogP contribution in [0.25, 0.3) is 0 Å². The molecule has 0 aliphatic carbocycles. The molecule has 0 amide bonds. The number of nitrogens with one attached hydrogen (secondary N) is 1.